The van der Waals surface area contributed by atoms with Crippen LogP contribution in [0.3, 0.4) is 0 Å². The lowest BCUT2D eigenvalue weighted by atomic mass is 9.95. The summed E-state index contributed by atoms with van der Waals surface area (Å²) in [5.41, 5.74) is 1.17. The van der Waals surface area contributed by atoms with Crippen LogP contribution in [0.15, 0.2) is 76.2 Å². The number of methoxy groups -OCH3 is 2. The van der Waals surface area contributed by atoms with Crippen LogP contribution in [0, 0.1) is 10.1 Å². The Morgan fingerprint density at radius 3 is 2.65 bits per heavy atom. The summed E-state index contributed by atoms with van der Waals surface area (Å²) in [6.45, 7) is 5.25. The first-order chi connectivity index (χ1) is 17.8. The van der Waals surface area contributed by atoms with E-state index in [4.69, 9.17) is 14.2 Å². The second-order valence-corrected chi connectivity index (χ2v) is 8.94. The highest BCUT2D eigenvalue weighted by Gasteiger charge is 2.34. The predicted octanol–water partition coefficient (Wildman–Crippen LogP) is 2.89. The molecule has 0 spiro atoms. The zero-order chi connectivity index (χ0) is 26.7. The fraction of sp³-hybridized carbons (Fsp3) is 0.192. The molecule has 1 atom stereocenters. The Bertz CT molecular complexity index is 1620. The summed E-state index contributed by atoms with van der Waals surface area (Å²) in [5.74, 6) is 0.280. The van der Waals surface area contributed by atoms with Crippen LogP contribution >= 0.6 is 11.3 Å². The first kappa shape index (κ1) is 25.6. The molecule has 0 aliphatic carbocycles. The highest BCUT2D eigenvalue weighted by Crippen LogP contribution is 2.36. The van der Waals surface area contributed by atoms with E-state index in [1.165, 1.54) is 37.0 Å². The standard InChI is InChI=1S/C26H23N3O7S/c1-5-11-36-25(31)22-15(2)27-26-28(23(22)17-9-10-19(34-3)20(14-17)35-4)24(30)21(37-26)13-16-7-6-8-18(12-16)29(32)33/h5-10,12-14,23H,1,11H2,2-4H3/b21-13-/t23-/m0/s1. The number of esters is 1. The summed E-state index contributed by atoms with van der Waals surface area (Å²) >= 11 is 1.12. The number of aromatic nitrogens is 1. The third-order valence-corrected chi connectivity index (χ3v) is 6.66. The number of hydrogen-bond donors (Lipinski definition) is 0. The maximum absolute atomic E-state index is 13.7. The molecular formula is C26H23N3O7S. The lowest BCUT2D eigenvalue weighted by Gasteiger charge is -2.25. The quantitative estimate of drug-likeness (QED) is 0.193. The van der Waals surface area contributed by atoms with Gasteiger partial charge in [-0.3, -0.25) is 19.5 Å². The van der Waals surface area contributed by atoms with Crippen molar-refractivity contribution in [3.05, 3.63) is 107 Å². The van der Waals surface area contributed by atoms with Gasteiger partial charge in [-0.2, -0.15) is 0 Å². The maximum Gasteiger partial charge on any atom is 0.338 e. The number of carbonyl (C=O) groups is 1. The second kappa shape index (κ2) is 10.6. The van der Waals surface area contributed by atoms with Crippen molar-refractivity contribution in [3.63, 3.8) is 0 Å². The van der Waals surface area contributed by atoms with E-state index in [1.54, 1.807) is 43.3 Å². The van der Waals surface area contributed by atoms with Crippen molar-refractivity contribution in [2.75, 3.05) is 20.8 Å². The Kier molecular flexibility index (Phi) is 7.35. The van der Waals surface area contributed by atoms with Gasteiger partial charge in [0.1, 0.15) is 6.61 Å². The van der Waals surface area contributed by atoms with Crippen LogP contribution in [-0.4, -0.2) is 36.3 Å². The largest absolute Gasteiger partial charge is 0.493 e. The highest BCUT2D eigenvalue weighted by atomic mass is 32.1. The highest BCUT2D eigenvalue weighted by molar-refractivity contribution is 7.07. The smallest absolute Gasteiger partial charge is 0.338 e. The fourth-order valence-electron chi connectivity index (χ4n) is 4.01. The molecule has 2 aromatic carbocycles. The Morgan fingerprint density at radius 1 is 1.22 bits per heavy atom. The van der Waals surface area contributed by atoms with Crippen LogP contribution < -0.4 is 24.4 Å². The third kappa shape index (κ3) is 4.94. The molecule has 0 fully saturated rings. The monoisotopic (exact) mass is 521 g/mol. The molecule has 1 aromatic heterocycles. The Labute approximate surface area is 215 Å². The molecule has 3 aromatic rings. The van der Waals surface area contributed by atoms with Gasteiger partial charge in [0.25, 0.3) is 11.2 Å². The van der Waals surface area contributed by atoms with Crippen molar-refractivity contribution in [3.8, 4) is 11.5 Å². The molecular weight excluding hydrogens is 498 g/mol. The Morgan fingerprint density at radius 2 is 1.97 bits per heavy atom. The summed E-state index contributed by atoms with van der Waals surface area (Å²) in [4.78, 5) is 42.4. The first-order valence-electron chi connectivity index (χ1n) is 11.1. The SMILES string of the molecule is C=CCOC(=O)C1=C(C)N=c2s/c(=C\c3cccc([N+](=O)[O-])c3)c(=O)n2[C@H]1c1ccc(OC)c(OC)c1. The van der Waals surface area contributed by atoms with Crippen molar-refractivity contribution < 1.29 is 23.9 Å². The molecule has 1 aliphatic rings. The van der Waals surface area contributed by atoms with Crippen molar-refractivity contribution in [1.29, 1.82) is 0 Å². The van der Waals surface area contributed by atoms with Crippen LogP contribution in [0.1, 0.15) is 24.1 Å². The van der Waals surface area contributed by atoms with E-state index in [-0.39, 0.29) is 17.9 Å². The van der Waals surface area contributed by atoms with Gasteiger partial charge in [0.2, 0.25) is 0 Å². The van der Waals surface area contributed by atoms with E-state index in [1.807, 2.05) is 0 Å². The second-order valence-electron chi connectivity index (χ2n) is 7.94. The van der Waals surface area contributed by atoms with Crippen LogP contribution in [-0.2, 0) is 9.53 Å². The van der Waals surface area contributed by atoms with Gasteiger partial charge < -0.3 is 14.2 Å². The zero-order valence-corrected chi connectivity index (χ0v) is 21.1. The Hall–Kier alpha value is -4.51. The fourth-order valence-corrected chi connectivity index (χ4v) is 5.06. The molecule has 1 aliphatic heterocycles. The molecule has 0 amide bonds. The van der Waals surface area contributed by atoms with Gasteiger partial charge in [-0.1, -0.05) is 42.2 Å². The summed E-state index contributed by atoms with van der Waals surface area (Å²) in [6.07, 6.45) is 3.02. The summed E-state index contributed by atoms with van der Waals surface area (Å²) in [6, 6.07) is 10.2. The van der Waals surface area contributed by atoms with Gasteiger partial charge >= 0.3 is 5.97 Å². The topological polar surface area (TPSA) is 122 Å². The van der Waals surface area contributed by atoms with Gasteiger partial charge in [-0.05, 0) is 36.3 Å². The number of nitro groups is 1. The number of rotatable bonds is 8. The van der Waals surface area contributed by atoms with E-state index in [0.29, 0.717) is 37.7 Å². The molecule has 190 valence electrons. The third-order valence-electron chi connectivity index (χ3n) is 5.68. The average molecular weight is 522 g/mol. The van der Waals surface area contributed by atoms with E-state index in [0.717, 1.165) is 11.3 Å². The summed E-state index contributed by atoms with van der Waals surface area (Å²) in [7, 11) is 3.00. The van der Waals surface area contributed by atoms with Crippen LogP contribution in [0.25, 0.3) is 6.08 Å². The maximum atomic E-state index is 13.7. The molecule has 0 radical (unpaired) electrons. The number of ether oxygens (including phenoxy) is 3. The number of carbonyl (C=O) groups excluding carboxylic acids is 1. The summed E-state index contributed by atoms with van der Waals surface area (Å²) < 4.78 is 17.8. The lowest BCUT2D eigenvalue weighted by Crippen LogP contribution is -2.40. The zero-order valence-electron chi connectivity index (χ0n) is 20.3. The molecule has 11 heteroatoms. The number of fused-ring (bicyclic) bond motifs is 1. The van der Waals surface area contributed by atoms with Crippen LogP contribution in [0.2, 0.25) is 0 Å². The number of nitro benzene ring substituents is 1. The van der Waals surface area contributed by atoms with Gasteiger partial charge in [0.05, 0.1) is 41.0 Å². The number of hydrogen-bond acceptors (Lipinski definition) is 9. The molecule has 0 bridgehead atoms. The molecule has 0 unspecified atom stereocenters. The first-order valence-corrected chi connectivity index (χ1v) is 11.9. The van der Waals surface area contributed by atoms with Crippen molar-refractivity contribution in [2.45, 2.75) is 13.0 Å². The molecule has 0 N–H and O–H groups in total. The average Bonchev–Trinajstić information content (AvgIpc) is 3.20. The van der Waals surface area contributed by atoms with Crippen molar-refractivity contribution in [2.24, 2.45) is 4.99 Å². The van der Waals surface area contributed by atoms with Crippen molar-refractivity contribution >= 4 is 29.1 Å². The normalized spacial score (nSPS) is 15.0. The Balaban J connectivity index is 1.95. The van der Waals surface area contributed by atoms with E-state index < -0.39 is 22.5 Å². The molecule has 4 rings (SSSR count). The number of non-ortho nitro benzene ring substituents is 1. The lowest BCUT2D eigenvalue weighted by molar-refractivity contribution is -0.384. The predicted molar refractivity (Wildman–Crippen MR) is 138 cm³/mol. The van der Waals surface area contributed by atoms with E-state index in [2.05, 4.69) is 11.6 Å². The van der Waals surface area contributed by atoms with Crippen LogP contribution in [0.4, 0.5) is 5.69 Å². The number of thiazole rings is 1. The van der Waals surface area contributed by atoms with Crippen molar-refractivity contribution in [1.82, 2.24) is 4.57 Å². The van der Waals surface area contributed by atoms with E-state index in [9.17, 15) is 19.7 Å². The number of allylic oxidation sites excluding steroid dienone is 1. The molecule has 0 saturated heterocycles. The van der Waals surface area contributed by atoms with Gasteiger partial charge in [-0.15, -0.1) is 0 Å². The van der Waals surface area contributed by atoms with Crippen LogP contribution in [0.5, 0.6) is 11.5 Å². The molecule has 10 nitrogen and oxygen atoms in total. The van der Waals surface area contributed by atoms with E-state index >= 15 is 0 Å². The molecule has 2 heterocycles. The number of nitrogens with zero attached hydrogens (tertiary/aromatic N) is 3. The number of benzene rings is 2. The van der Waals surface area contributed by atoms with Gasteiger partial charge in [-0.25, -0.2) is 9.79 Å². The molecule has 37 heavy (non-hydrogen) atoms. The van der Waals surface area contributed by atoms with Gasteiger partial charge in [0.15, 0.2) is 16.3 Å². The molecule has 0 saturated carbocycles. The van der Waals surface area contributed by atoms with Gasteiger partial charge in [0, 0.05) is 12.1 Å². The minimum atomic E-state index is -0.861. The minimum Gasteiger partial charge on any atom is -0.493 e. The minimum absolute atomic E-state index is 0.00846. The summed E-state index contributed by atoms with van der Waals surface area (Å²) in [5, 5.41) is 11.2.